The summed E-state index contributed by atoms with van der Waals surface area (Å²) >= 11 is 0. The minimum Gasteiger partial charge on any atom is -0.390 e. The topological polar surface area (TPSA) is 41.3 Å². The van der Waals surface area contributed by atoms with Crippen LogP contribution in [0.4, 0.5) is 0 Å². The largest absolute Gasteiger partial charge is 0.390 e. The number of hydrogen-bond donors (Lipinski definition) is 1. The Kier molecular flexibility index (Phi) is 2.92. The lowest BCUT2D eigenvalue weighted by Gasteiger charge is -2.47. The van der Waals surface area contributed by atoms with E-state index in [4.69, 9.17) is 5.11 Å². The van der Waals surface area contributed by atoms with Crippen molar-refractivity contribution in [2.75, 3.05) is 7.05 Å². The molecule has 2 fully saturated rings. The highest BCUT2D eigenvalue weighted by molar-refractivity contribution is 5.00. The van der Waals surface area contributed by atoms with Crippen molar-refractivity contribution in [3.05, 3.63) is 18.2 Å². The molecule has 3 heterocycles. The van der Waals surface area contributed by atoms with Gasteiger partial charge >= 0.3 is 0 Å². The quantitative estimate of drug-likeness (QED) is 0.846. The summed E-state index contributed by atoms with van der Waals surface area (Å²) in [7, 11) is 2.28. The van der Waals surface area contributed by atoms with Crippen LogP contribution in [-0.2, 0) is 6.61 Å². The summed E-state index contributed by atoms with van der Waals surface area (Å²) in [6.45, 7) is 0.0481. The number of fused-ring (bicyclic) bond motifs is 2. The number of nitrogens with zero attached hydrogens (tertiary/aromatic N) is 3. The smallest absolute Gasteiger partial charge is 0.0953 e. The van der Waals surface area contributed by atoms with Gasteiger partial charge in [0.25, 0.3) is 0 Å². The molecule has 1 N–H and O–H groups in total. The third kappa shape index (κ3) is 2.00. The molecule has 4 heteroatoms. The molecule has 2 saturated heterocycles. The number of rotatable bonds is 2. The number of aromatic nitrogens is 2. The number of imidazole rings is 1. The molecule has 2 atom stereocenters. The van der Waals surface area contributed by atoms with Crippen LogP contribution < -0.4 is 0 Å². The fourth-order valence-corrected chi connectivity index (χ4v) is 3.49. The molecule has 2 aliphatic rings. The van der Waals surface area contributed by atoms with Gasteiger partial charge in [-0.05, 0) is 32.7 Å². The van der Waals surface area contributed by atoms with E-state index in [0.29, 0.717) is 6.04 Å². The third-order valence-corrected chi connectivity index (χ3v) is 4.55. The normalized spacial score (nSPS) is 33.9. The number of aliphatic hydroxyl groups excluding tert-OH is 1. The molecule has 4 nitrogen and oxygen atoms in total. The number of hydrogen-bond acceptors (Lipinski definition) is 3. The van der Waals surface area contributed by atoms with Crippen LogP contribution in [0, 0.1) is 0 Å². The van der Waals surface area contributed by atoms with Crippen molar-refractivity contribution in [1.82, 2.24) is 14.5 Å². The molecule has 2 bridgehead atoms. The van der Waals surface area contributed by atoms with E-state index < -0.39 is 0 Å². The van der Waals surface area contributed by atoms with Gasteiger partial charge in [-0.25, -0.2) is 4.98 Å². The molecular weight excluding hydrogens is 214 g/mol. The van der Waals surface area contributed by atoms with Crippen molar-refractivity contribution in [3.63, 3.8) is 0 Å². The van der Waals surface area contributed by atoms with Crippen LogP contribution in [0.25, 0.3) is 0 Å². The van der Waals surface area contributed by atoms with Crippen LogP contribution in [0.15, 0.2) is 12.5 Å². The van der Waals surface area contributed by atoms with Crippen LogP contribution in [0.2, 0.25) is 0 Å². The highest BCUT2D eigenvalue weighted by Gasteiger charge is 2.36. The summed E-state index contributed by atoms with van der Waals surface area (Å²) in [6.07, 6.45) is 10.4. The summed E-state index contributed by atoms with van der Waals surface area (Å²) in [4.78, 5) is 6.80. The lowest BCUT2D eigenvalue weighted by molar-refractivity contribution is 0.0399. The summed E-state index contributed by atoms with van der Waals surface area (Å²) < 4.78 is 2.21. The molecule has 94 valence electrons. The lowest BCUT2D eigenvalue weighted by Crippen LogP contribution is -2.49. The van der Waals surface area contributed by atoms with Gasteiger partial charge in [0.15, 0.2) is 0 Å². The molecule has 0 aliphatic carbocycles. The molecule has 0 spiro atoms. The average molecular weight is 235 g/mol. The Hall–Kier alpha value is -0.870. The first-order valence-corrected chi connectivity index (χ1v) is 6.63. The predicted molar refractivity (Wildman–Crippen MR) is 65.6 cm³/mol. The SMILES string of the molecule is CN1C2CCCC1CC(n1cnc(CO)c1)C2. The van der Waals surface area contributed by atoms with Crippen molar-refractivity contribution in [3.8, 4) is 0 Å². The Bertz CT molecular complexity index is 376. The minimum absolute atomic E-state index is 0.0481. The molecule has 0 saturated carbocycles. The molecule has 0 aromatic carbocycles. The van der Waals surface area contributed by atoms with Crippen LogP contribution in [0.5, 0.6) is 0 Å². The second-order valence-electron chi connectivity index (χ2n) is 5.50. The molecule has 1 aromatic rings. The van der Waals surface area contributed by atoms with Crippen LogP contribution >= 0.6 is 0 Å². The van der Waals surface area contributed by atoms with E-state index in [1.54, 1.807) is 0 Å². The maximum absolute atomic E-state index is 9.07. The maximum Gasteiger partial charge on any atom is 0.0953 e. The van der Waals surface area contributed by atoms with Gasteiger partial charge in [0, 0.05) is 24.3 Å². The summed E-state index contributed by atoms with van der Waals surface area (Å²) in [5, 5.41) is 9.07. The van der Waals surface area contributed by atoms with E-state index in [0.717, 1.165) is 17.8 Å². The van der Waals surface area contributed by atoms with E-state index in [1.165, 1.54) is 32.1 Å². The Morgan fingerprint density at radius 1 is 1.29 bits per heavy atom. The Morgan fingerprint density at radius 3 is 2.59 bits per heavy atom. The molecule has 1 aromatic heterocycles. The second kappa shape index (κ2) is 4.42. The van der Waals surface area contributed by atoms with E-state index >= 15 is 0 Å². The molecule has 2 aliphatic heterocycles. The van der Waals surface area contributed by atoms with Crippen molar-refractivity contribution >= 4 is 0 Å². The highest BCUT2D eigenvalue weighted by Crippen LogP contribution is 2.38. The first-order valence-electron chi connectivity index (χ1n) is 6.63. The first kappa shape index (κ1) is 11.2. The van der Waals surface area contributed by atoms with E-state index in [9.17, 15) is 0 Å². The van der Waals surface area contributed by atoms with Gasteiger partial charge in [0.05, 0.1) is 18.6 Å². The molecule has 0 amide bonds. The molecular formula is C13H21N3O. The Labute approximate surface area is 102 Å². The molecule has 0 radical (unpaired) electrons. The number of aliphatic hydroxyl groups is 1. The standard InChI is InChI=1S/C13H21N3O/c1-15-11-3-2-4-12(15)6-13(5-11)16-7-10(8-17)14-9-16/h7,9,11-13,17H,2-6,8H2,1H3. The van der Waals surface area contributed by atoms with E-state index in [1.807, 2.05) is 12.5 Å². The number of piperidine rings is 2. The van der Waals surface area contributed by atoms with Gasteiger partial charge in [-0.2, -0.15) is 0 Å². The maximum atomic E-state index is 9.07. The molecule has 17 heavy (non-hydrogen) atoms. The van der Waals surface area contributed by atoms with E-state index in [2.05, 4.69) is 21.5 Å². The van der Waals surface area contributed by atoms with Crippen LogP contribution in [-0.4, -0.2) is 38.7 Å². The van der Waals surface area contributed by atoms with Crippen LogP contribution in [0.1, 0.15) is 43.8 Å². The fourth-order valence-electron chi connectivity index (χ4n) is 3.49. The molecule has 2 unspecified atom stereocenters. The fraction of sp³-hybridized carbons (Fsp3) is 0.769. The predicted octanol–water partition coefficient (Wildman–Crippen LogP) is 1.56. The van der Waals surface area contributed by atoms with Gasteiger partial charge < -0.3 is 14.6 Å². The van der Waals surface area contributed by atoms with Crippen molar-refractivity contribution in [2.45, 2.75) is 56.8 Å². The van der Waals surface area contributed by atoms with Gasteiger partial charge in [-0.15, -0.1) is 0 Å². The summed E-state index contributed by atoms with van der Waals surface area (Å²) in [5.74, 6) is 0. The average Bonchev–Trinajstić information content (AvgIpc) is 2.77. The van der Waals surface area contributed by atoms with Gasteiger partial charge in [0.1, 0.15) is 0 Å². The third-order valence-electron chi connectivity index (χ3n) is 4.55. The molecule has 3 rings (SSSR count). The highest BCUT2D eigenvalue weighted by atomic mass is 16.3. The minimum atomic E-state index is 0.0481. The first-order chi connectivity index (χ1) is 8.28. The van der Waals surface area contributed by atoms with Crippen molar-refractivity contribution < 1.29 is 5.11 Å². The van der Waals surface area contributed by atoms with Gasteiger partial charge in [-0.1, -0.05) is 6.42 Å². The van der Waals surface area contributed by atoms with Crippen LogP contribution in [0.3, 0.4) is 0 Å². The monoisotopic (exact) mass is 235 g/mol. The van der Waals surface area contributed by atoms with Gasteiger partial charge in [-0.3, -0.25) is 0 Å². The Balaban J connectivity index is 1.77. The van der Waals surface area contributed by atoms with Crippen molar-refractivity contribution in [2.24, 2.45) is 0 Å². The van der Waals surface area contributed by atoms with Gasteiger partial charge in [0.2, 0.25) is 0 Å². The summed E-state index contributed by atoms with van der Waals surface area (Å²) in [5.41, 5.74) is 0.786. The Morgan fingerprint density at radius 2 is 2.00 bits per heavy atom. The van der Waals surface area contributed by atoms with E-state index in [-0.39, 0.29) is 6.61 Å². The zero-order valence-corrected chi connectivity index (χ0v) is 10.4. The lowest BCUT2D eigenvalue weighted by atomic mass is 9.82. The second-order valence-corrected chi connectivity index (χ2v) is 5.50. The zero-order chi connectivity index (χ0) is 11.8. The zero-order valence-electron chi connectivity index (χ0n) is 10.4. The van der Waals surface area contributed by atoms with Crippen molar-refractivity contribution in [1.29, 1.82) is 0 Å². The summed E-state index contributed by atoms with van der Waals surface area (Å²) in [6, 6.07) is 2.06.